The minimum Gasteiger partial charge on any atom is -0.366 e. The second-order valence-electron chi connectivity index (χ2n) is 3.94. The highest BCUT2D eigenvalue weighted by Crippen LogP contribution is 2.15. The molecule has 1 aromatic carbocycles. The number of aromatic nitrogens is 1. The number of aryl methyl sites for hydroxylation is 1. The highest BCUT2D eigenvalue weighted by atomic mass is 32.1. The van der Waals surface area contributed by atoms with Crippen LogP contribution in [-0.4, -0.2) is 16.8 Å². The van der Waals surface area contributed by atoms with Crippen LogP contribution in [0, 0.1) is 0 Å². The van der Waals surface area contributed by atoms with Gasteiger partial charge in [-0.25, -0.2) is 4.98 Å². The van der Waals surface area contributed by atoms with Gasteiger partial charge in [0.1, 0.15) is 0 Å². The Balaban J connectivity index is 1.97. The molecule has 0 saturated carbocycles. The summed E-state index contributed by atoms with van der Waals surface area (Å²) in [7, 11) is 0. The molecule has 0 aliphatic heterocycles. The maximum Gasteiger partial charge on any atom is 0.250 e. The molecule has 5 nitrogen and oxygen atoms in total. The van der Waals surface area contributed by atoms with Crippen LogP contribution < -0.4 is 11.1 Å². The first kappa shape index (κ1) is 13.2. The SMILES string of the molecule is NC(=O)c1ccccc1NC(=O)CCc1cscn1. The van der Waals surface area contributed by atoms with Gasteiger partial charge in [0.15, 0.2) is 0 Å². The van der Waals surface area contributed by atoms with Crippen molar-refractivity contribution in [1.82, 2.24) is 4.98 Å². The highest BCUT2D eigenvalue weighted by Gasteiger charge is 2.10. The van der Waals surface area contributed by atoms with Crippen molar-refractivity contribution < 1.29 is 9.59 Å². The van der Waals surface area contributed by atoms with Crippen LogP contribution in [-0.2, 0) is 11.2 Å². The van der Waals surface area contributed by atoms with Gasteiger partial charge in [-0.05, 0) is 18.6 Å². The highest BCUT2D eigenvalue weighted by molar-refractivity contribution is 7.07. The Hall–Kier alpha value is -2.21. The number of carbonyl (C=O) groups is 2. The predicted molar refractivity (Wildman–Crippen MR) is 74.0 cm³/mol. The Morgan fingerprint density at radius 3 is 2.79 bits per heavy atom. The first-order valence-corrected chi connectivity index (χ1v) is 6.67. The maximum atomic E-state index is 11.8. The van der Waals surface area contributed by atoms with Crippen LogP contribution in [0.2, 0.25) is 0 Å². The number of anilines is 1. The van der Waals surface area contributed by atoms with E-state index in [0.717, 1.165) is 5.69 Å². The molecule has 6 heteroatoms. The van der Waals surface area contributed by atoms with E-state index in [1.165, 1.54) is 11.3 Å². The lowest BCUT2D eigenvalue weighted by Gasteiger charge is -2.08. The largest absolute Gasteiger partial charge is 0.366 e. The Labute approximate surface area is 114 Å². The zero-order chi connectivity index (χ0) is 13.7. The van der Waals surface area contributed by atoms with Gasteiger partial charge in [-0.2, -0.15) is 0 Å². The molecule has 0 aliphatic carbocycles. The molecule has 2 aromatic rings. The molecular formula is C13H13N3O2S. The summed E-state index contributed by atoms with van der Waals surface area (Å²) in [6.07, 6.45) is 0.894. The van der Waals surface area contributed by atoms with E-state index >= 15 is 0 Å². The molecule has 0 radical (unpaired) electrons. The monoisotopic (exact) mass is 275 g/mol. The lowest BCUT2D eigenvalue weighted by atomic mass is 10.1. The minimum absolute atomic E-state index is 0.165. The zero-order valence-electron chi connectivity index (χ0n) is 10.1. The van der Waals surface area contributed by atoms with Gasteiger partial charge in [0, 0.05) is 11.8 Å². The second kappa shape index (κ2) is 6.10. The Kier molecular flexibility index (Phi) is 4.25. The number of para-hydroxylation sites is 1. The standard InChI is InChI=1S/C13H13N3O2S/c14-13(18)10-3-1-2-4-11(10)16-12(17)6-5-9-7-19-8-15-9/h1-4,7-8H,5-6H2,(H2,14,18)(H,16,17). The molecule has 0 spiro atoms. The van der Waals surface area contributed by atoms with E-state index < -0.39 is 5.91 Å². The summed E-state index contributed by atoms with van der Waals surface area (Å²) in [6, 6.07) is 6.67. The fourth-order valence-corrected chi connectivity index (χ4v) is 2.22. The number of carbonyl (C=O) groups excluding carboxylic acids is 2. The summed E-state index contributed by atoms with van der Waals surface area (Å²) >= 11 is 1.50. The van der Waals surface area contributed by atoms with Crippen LogP contribution >= 0.6 is 11.3 Å². The van der Waals surface area contributed by atoms with Crippen LogP contribution in [0.15, 0.2) is 35.2 Å². The molecule has 0 saturated heterocycles. The Morgan fingerprint density at radius 2 is 2.11 bits per heavy atom. The van der Waals surface area contributed by atoms with Gasteiger partial charge >= 0.3 is 0 Å². The molecule has 0 bridgehead atoms. The second-order valence-corrected chi connectivity index (χ2v) is 4.66. The molecule has 98 valence electrons. The van der Waals surface area contributed by atoms with Crippen LogP contribution in [0.4, 0.5) is 5.69 Å². The number of nitrogens with one attached hydrogen (secondary N) is 1. The summed E-state index contributed by atoms with van der Waals surface area (Å²) < 4.78 is 0. The average molecular weight is 275 g/mol. The van der Waals surface area contributed by atoms with Crippen LogP contribution in [0.5, 0.6) is 0 Å². The maximum absolute atomic E-state index is 11.8. The van der Waals surface area contributed by atoms with E-state index in [1.54, 1.807) is 29.8 Å². The fraction of sp³-hybridized carbons (Fsp3) is 0.154. The normalized spacial score (nSPS) is 10.1. The number of amides is 2. The van der Waals surface area contributed by atoms with E-state index in [-0.39, 0.29) is 5.91 Å². The molecule has 0 aliphatic rings. The molecular weight excluding hydrogens is 262 g/mol. The summed E-state index contributed by atoms with van der Waals surface area (Å²) in [5, 5.41) is 4.60. The fourth-order valence-electron chi connectivity index (χ4n) is 1.62. The third-order valence-electron chi connectivity index (χ3n) is 2.56. The van der Waals surface area contributed by atoms with Gasteiger partial charge < -0.3 is 11.1 Å². The molecule has 19 heavy (non-hydrogen) atoms. The lowest BCUT2D eigenvalue weighted by Crippen LogP contribution is -2.18. The molecule has 2 rings (SSSR count). The minimum atomic E-state index is -0.560. The number of hydrogen-bond donors (Lipinski definition) is 2. The van der Waals surface area contributed by atoms with Crippen LogP contribution in [0.1, 0.15) is 22.5 Å². The van der Waals surface area contributed by atoms with Gasteiger partial charge in [-0.1, -0.05) is 12.1 Å². The van der Waals surface area contributed by atoms with Gasteiger partial charge in [-0.3, -0.25) is 9.59 Å². The first-order valence-electron chi connectivity index (χ1n) is 5.72. The van der Waals surface area contributed by atoms with Crippen molar-refractivity contribution in [2.45, 2.75) is 12.8 Å². The third-order valence-corrected chi connectivity index (χ3v) is 3.19. The van der Waals surface area contributed by atoms with E-state index in [9.17, 15) is 9.59 Å². The molecule has 3 N–H and O–H groups in total. The van der Waals surface area contributed by atoms with Crippen molar-refractivity contribution in [2.75, 3.05) is 5.32 Å². The number of rotatable bonds is 5. The molecule has 0 unspecified atom stereocenters. The van der Waals surface area contributed by atoms with Gasteiger partial charge in [0.05, 0.1) is 22.5 Å². The number of nitrogens with zero attached hydrogens (tertiary/aromatic N) is 1. The van der Waals surface area contributed by atoms with Crippen molar-refractivity contribution in [3.63, 3.8) is 0 Å². The Morgan fingerprint density at radius 1 is 1.32 bits per heavy atom. The van der Waals surface area contributed by atoms with E-state index in [1.807, 2.05) is 5.38 Å². The molecule has 2 amide bonds. The van der Waals surface area contributed by atoms with Crippen molar-refractivity contribution >= 4 is 28.8 Å². The smallest absolute Gasteiger partial charge is 0.250 e. The van der Waals surface area contributed by atoms with Gasteiger partial charge in [0.25, 0.3) is 5.91 Å². The number of hydrogen-bond acceptors (Lipinski definition) is 4. The van der Waals surface area contributed by atoms with Crippen molar-refractivity contribution in [1.29, 1.82) is 0 Å². The van der Waals surface area contributed by atoms with Crippen LogP contribution in [0.25, 0.3) is 0 Å². The number of primary amides is 1. The quantitative estimate of drug-likeness (QED) is 0.872. The van der Waals surface area contributed by atoms with E-state index in [0.29, 0.717) is 24.1 Å². The summed E-state index contributed by atoms with van der Waals surface area (Å²) in [6.45, 7) is 0. The van der Waals surface area contributed by atoms with Crippen molar-refractivity contribution in [3.05, 3.63) is 46.4 Å². The summed E-state index contributed by atoms with van der Waals surface area (Å²) in [4.78, 5) is 27.1. The van der Waals surface area contributed by atoms with E-state index in [4.69, 9.17) is 5.73 Å². The average Bonchev–Trinajstić information content (AvgIpc) is 2.90. The predicted octanol–water partition coefficient (Wildman–Crippen LogP) is 1.81. The molecule has 1 heterocycles. The molecule has 1 aromatic heterocycles. The first-order chi connectivity index (χ1) is 9.16. The lowest BCUT2D eigenvalue weighted by molar-refractivity contribution is -0.116. The zero-order valence-corrected chi connectivity index (χ0v) is 10.9. The summed E-state index contributed by atoms with van der Waals surface area (Å²) in [5.41, 5.74) is 8.62. The number of nitrogens with two attached hydrogens (primary N) is 1. The third kappa shape index (κ3) is 3.62. The Bertz CT molecular complexity index is 581. The van der Waals surface area contributed by atoms with E-state index in [2.05, 4.69) is 10.3 Å². The topological polar surface area (TPSA) is 85.1 Å². The molecule has 0 atom stereocenters. The number of benzene rings is 1. The van der Waals surface area contributed by atoms with Gasteiger partial charge in [0.2, 0.25) is 5.91 Å². The summed E-state index contributed by atoms with van der Waals surface area (Å²) in [5.74, 6) is -0.725. The number of thiazole rings is 1. The van der Waals surface area contributed by atoms with Gasteiger partial charge in [-0.15, -0.1) is 11.3 Å². The molecule has 0 fully saturated rings. The van der Waals surface area contributed by atoms with Crippen molar-refractivity contribution in [2.24, 2.45) is 5.73 Å². The van der Waals surface area contributed by atoms with Crippen LogP contribution in [0.3, 0.4) is 0 Å². The van der Waals surface area contributed by atoms with Crippen molar-refractivity contribution in [3.8, 4) is 0 Å².